The molecule has 2 nitrogen and oxygen atoms in total. The lowest BCUT2D eigenvalue weighted by Crippen LogP contribution is -2.32. The van der Waals surface area contributed by atoms with Gasteiger partial charge in [-0.1, -0.05) is 83.9 Å². The topological polar surface area (TPSA) is 6.48 Å². The first kappa shape index (κ1) is 20.8. The molecule has 0 aliphatic carbocycles. The molecule has 34 heavy (non-hydrogen) atoms. The molecule has 6 rings (SSSR count). The van der Waals surface area contributed by atoms with Crippen LogP contribution < -0.4 is 4.90 Å². The summed E-state index contributed by atoms with van der Waals surface area (Å²) in [5.41, 5.74) is 11.9. The molecule has 2 heteroatoms. The predicted molar refractivity (Wildman–Crippen MR) is 144 cm³/mol. The molecule has 0 fully saturated rings. The van der Waals surface area contributed by atoms with Crippen molar-refractivity contribution in [3.05, 3.63) is 137 Å². The lowest BCUT2D eigenvalue weighted by molar-refractivity contribution is 0.325. The van der Waals surface area contributed by atoms with Crippen molar-refractivity contribution in [2.24, 2.45) is 0 Å². The number of hydrogen-bond acceptors (Lipinski definition) is 2. The van der Waals surface area contributed by atoms with Gasteiger partial charge in [-0.25, -0.2) is 0 Å². The highest BCUT2D eigenvalue weighted by molar-refractivity contribution is 5.85. The second-order valence-electron chi connectivity index (χ2n) is 9.55. The third-order valence-corrected chi connectivity index (χ3v) is 7.14. The molecule has 3 aromatic carbocycles. The molecule has 0 amide bonds. The summed E-state index contributed by atoms with van der Waals surface area (Å²) in [4.78, 5) is 5.00. The van der Waals surface area contributed by atoms with Crippen LogP contribution in [-0.2, 0) is 6.42 Å². The largest absolute Gasteiger partial charge is 0.366 e. The van der Waals surface area contributed by atoms with Gasteiger partial charge in [-0.05, 0) is 61.3 Å². The van der Waals surface area contributed by atoms with Gasteiger partial charge in [0.15, 0.2) is 0 Å². The van der Waals surface area contributed by atoms with Crippen LogP contribution in [-0.4, -0.2) is 18.0 Å². The van der Waals surface area contributed by atoms with Crippen LogP contribution in [0.25, 0.3) is 11.3 Å². The molecule has 3 heterocycles. The van der Waals surface area contributed by atoms with E-state index in [0.717, 1.165) is 19.5 Å². The zero-order valence-electron chi connectivity index (χ0n) is 19.9. The Kier molecular flexibility index (Phi) is 5.22. The molecule has 0 spiro atoms. The van der Waals surface area contributed by atoms with E-state index in [0.29, 0.717) is 0 Å². The van der Waals surface area contributed by atoms with Gasteiger partial charge in [0.05, 0.1) is 6.04 Å². The summed E-state index contributed by atoms with van der Waals surface area (Å²) in [7, 11) is 0. The molecule has 0 aromatic heterocycles. The number of para-hydroxylation sites is 1. The van der Waals surface area contributed by atoms with Crippen molar-refractivity contribution in [1.29, 1.82) is 0 Å². The summed E-state index contributed by atoms with van der Waals surface area (Å²) in [6.45, 7) is 6.23. The number of rotatable bonds is 1. The second-order valence-corrected chi connectivity index (χ2v) is 9.55. The molecule has 3 aliphatic heterocycles. The highest BCUT2D eigenvalue weighted by atomic mass is 15.2. The average Bonchev–Trinajstić information content (AvgIpc) is 2.87. The smallest absolute Gasteiger partial charge is 0.0750 e. The second kappa shape index (κ2) is 8.53. The molecule has 3 aliphatic rings. The van der Waals surface area contributed by atoms with E-state index in [1.807, 2.05) is 0 Å². The highest BCUT2D eigenvalue weighted by Crippen LogP contribution is 2.41. The molecule has 0 saturated carbocycles. The molecule has 0 radical (unpaired) electrons. The monoisotopic (exact) mass is 442 g/mol. The molecule has 168 valence electrons. The summed E-state index contributed by atoms with van der Waals surface area (Å²) >= 11 is 0. The van der Waals surface area contributed by atoms with Crippen molar-refractivity contribution in [3.63, 3.8) is 0 Å². The summed E-state index contributed by atoms with van der Waals surface area (Å²) in [6, 6.07) is 24.9. The molecule has 1 unspecified atom stereocenters. The third kappa shape index (κ3) is 3.70. The Morgan fingerprint density at radius 1 is 0.882 bits per heavy atom. The third-order valence-electron chi connectivity index (χ3n) is 7.14. The molecule has 0 N–H and O–H groups in total. The Bertz CT molecular complexity index is 1350. The zero-order chi connectivity index (χ0) is 23.1. The number of anilines is 1. The molecular formula is C32H30N2. The van der Waals surface area contributed by atoms with Gasteiger partial charge >= 0.3 is 0 Å². The minimum absolute atomic E-state index is 0.189. The lowest BCUT2D eigenvalue weighted by Gasteiger charge is -2.39. The van der Waals surface area contributed by atoms with Crippen LogP contribution in [0.2, 0.25) is 0 Å². The van der Waals surface area contributed by atoms with E-state index in [-0.39, 0.29) is 6.04 Å². The maximum Gasteiger partial charge on any atom is 0.0750 e. The van der Waals surface area contributed by atoms with E-state index in [1.165, 1.54) is 50.3 Å². The van der Waals surface area contributed by atoms with E-state index in [9.17, 15) is 0 Å². The SMILES string of the molecule is Cc1cc(C)cc(C2=CC3c4ccccc4N4CC=CC=C4c4ccccc4CCN3C=C2)c1. The molecule has 0 saturated heterocycles. The maximum atomic E-state index is 2.51. The fourth-order valence-corrected chi connectivity index (χ4v) is 5.60. The normalized spacial score (nSPS) is 18.8. The van der Waals surface area contributed by atoms with E-state index in [4.69, 9.17) is 0 Å². The highest BCUT2D eigenvalue weighted by Gasteiger charge is 2.28. The molecule has 0 bridgehead atoms. The van der Waals surface area contributed by atoms with E-state index in [2.05, 4.69) is 127 Å². The van der Waals surface area contributed by atoms with Gasteiger partial charge in [0.2, 0.25) is 0 Å². The van der Waals surface area contributed by atoms with Crippen LogP contribution >= 0.6 is 0 Å². The van der Waals surface area contributed by atoms with Gasteiger partial charge in [0, 0.05) is 41.8 Å². The van der Waals surface area contributed by atoms with Gasteiger partial charge < -0.3 is 9.80 Å². The van der Waals surface area contributed by atoms with Crippen molar-refractivity contribution in [1.82, 2.24) is 4.90 Å². The number of fused-ring (bicyclic) bond motifs is 7. The van der Waals surface area contributed by atoms with Crippen molar-refractivity contribution < 1.29 is 0 Å². The van der Waals surface area contributed by atoms with Gasteiger partial charge in [-0.3, -0.25) is 0 Å². The van der Waals surface area contributed by atoms with E-state index >= 15 is 0 Å². The van der Waals surface area contributed by atoms with Gasteiger partial charge in [0.25, 0.3) is 0 Å². The van der Waals surface area contributed by atoms with Crippen LogP contribution in [0.4, 0.5) is 5.69 Å². The van der Waals surface area contributed by atoms with Crippen molar-refractivity contribution in [3.8, 4) is 0 Å². The van der Waals surface area contributed by atoms with Crippen LogP contribution in [0.1, 0.15) is 39.4 Å². The van der Waals surface area contributed by atoms with Crippen LogP contribution in [0, 0.1) is 13.8 Å². The van der Waals surface area contributed by atoms with E-state index in [1.54, 1.807) is 0 Å². The summed E-state index contributed by atoms with van der Waals surface area (Å²) < 4.78 is 0. The summed E-state index contributed by atoms with van der Waals surface area (Å²) in [5.74, 6) is 0. The van der Waals surface area contributed by atoms with Crippen molar-refractivity contribution >= 4 is 17.0 Å². The standard InChI is InChI=1S/C32H30N2/c1-23-19-24(2)21-27(20-23)26-15-18-33-17-14-25-9-3-4-10-28(25)30-13-7-8-16-34(30)31-12-6-5-11-29(31)32(33)22-26/h3-13,15,18-22,32H,14,16-17H2,1-2H3. The maximum absolute atomic E-state index is 2.51. The Hall–Kier alpha value is -3.78. The van der Waals surface area contributed by atoms with Gasteiger partial charge in [-0.2, -0.15) is 0 Å². The van der Waals surface area contributed by atoms with Crippen LogP contribution in [0.5, 0.6) is 0 Å². The van der Waals surface area contributed by atoms with Gasteiger partial charge in [-0.15, -0.1) is 0 Å². The van der Waals surface area contributed by atoms with Gasteiger partial charge in [0.1, 0.15) is 0 Å². The minimum atomic E-state index is 0.189. The van der Waals surface area contributed by atoms with Crippen LogP contribution in [0.15, 0.2) is 103 Å². The zero-order valence-corrected chi connectivity index (χ0v) is 19.9. The number of nitrogens with zero attached hydrogens (tertiary/aromatic N) is 2. The number of allylic oxidation sites excluding steroid dienone is 4. The molecular weight excluding hydrogens is 412 g/mol. The molecule has 3 aromatic rings. The summed E-state index contributed by atoms with van der Waals surface area (Å²) in [5, 5.41) is 0. The number of benzene rings is 3. The van der Waals surface area contributed by atoms with Crippen molar-refractivity contribution in [2.45, 2.75) is 26.3 Å². The Labute approximate surface area is 202 Å². The Morgan fingerprint density at radius 3 is 2.56 bits per heavy atom. The lowest BCUT2D eigenvalue weighted by atomic mass is 9.90. The quantitative estimate of drug-likeness (QED) is 0.392. The average molecular weight is 443 g/mol. The fraction of sp³-hybridized carbons (Fsp3) is 0.188. The predicted octanol–water partition coefficient (Wildman–Crippen LogP) is 7.23. The first-order chi connectivity index (χ1) is 16.7. The van der Waals surface area contributed by atoms with E-state index < -0.39 is 0 Å². The first-order valence-corrected chi connectivity index (χ1v) is 12.2. The summed E-state index contributed by atoms with van der Waals surface area (Å²) in [6.07, 6.45) is 14.8. The van der Waals surface area contributed by atoms with Crippen LogP contribution in [0.3, 0.4) is 0 Å². The number of aryl methyl sites for hydroxylation is 2. The first-order valence-electron chi connectivity index (χ1n) is 12.2. The number of hydrogen-bond donors (Lipinski definition) is 0. The Balaban J connectivity index is 1.52. The minimum Gasteiger partial charge on any atom is -0.366 e. The Morgan fingerprint density at radius 2 is 1.68 bits per heavy atom. The van der Waals surface area contributed by atoms with Crippen molar-refractivity contribution in [2.75, 3.05) is 18.0 Å². The fourth-order valence-electron chi connectivity index (χ4n) is 5.60. The molecule has 1 atom stereocenters.